The summed E-state index contributed by atoms with van der Waals surface area (Å²) in [6, 6.07) is 0. The summed E-state index contributed by atoms with van der Waals surface area (Å²) in [5.41, 5.74) is -2.36. The smallest absolute Gasteiger partial charge is 0.310 e. The molecule has 1 aliphatic carbocycles. The molecule has 2 N–H and O–H groups in total. The summed E-state index contributed by atoms with van der Waals surface area (Å²) in [6.45, 7) is 4.01. The van der Waals surface area contributed by atoms with Crippen molar-refractivity contribution < 1.29 is 24.5 Å². The Kier molecular flexibility index (Phi) is 4.61. The number of carboxylic acids is 2. The number of unbranched alkanes of at least 4 members (excludes halogenated alkanes) is 2. The first-order valence-electron chi connectivity index (χ1n) is 8.06. The van der Waals surface area contributed by atoms with Gasteiger partial charge >= 0.3 is 11.9 Å². The molecule has 2 aliphatic rings. The maximum Gasteiger partial charge on any atom is 0.310 e. The lowest BCUT2D eigenvalue weighted by atomic mass is 9.52. The quantitative estimate of drug-likeness (QED) is 0.672. The molecule has 5 nitrogen and oxygen atoms in total. The zero-order chi connectivity index (χ0) is 15.7. The van der Waals surface area contributed by atoms with E-state index in [0.29, 0.717) is 25.7 Å². The lowest BCUT2D eigenvalue weighted by Crippen LogP contribution is -2.56. The SMILES string of the molecule is CCCCC1(C(=O)O)CC2OC2CC1(CCCC)C(=O)O. The van der Waals surface area contributed by atoms with Crippen molar-refractivity contribution in [3.8, 4) is 0 Å². The Hall–Kier alpha value is -1.10. The van der Waals surface area contributed by atoms with Gasteiger partial charge < -0.3 is 14.9 Å². The first kappa shape index (κ1) is 16.3. The van der Waals surface area contributed by atoms with Crippen LogP contribution in [0.5, 0.6) is 0 Å². The van der Waals surface area contributed by atoms with Crippen molar-refractivity contribution in [1.82, 2.24) is 0 Å². The monoisotopic (exact) mass is 298 g/mol. The molecular formula is C16H26O5. The predicted molar refractivity (Wildman–Crippen MR) is 77.1 cm³/mol. The van der Waals surface area contributed by atoms with Crippen LogP contribution < -0.4 is 0 Å². The van der Waals surface area contributed by atoms with E-state index in [0.717, 1.165) is 25.7 Å². The molecule has 4 atom stereocenters. The topological polar surface area (TPSA) is 87.1 Å². The van der Waals surface area contributed by atoms with Crippen molar-refractivity contribution in [2.75, 3.05) is 0 Å². The minimum atomic E-state index is -1.18. The molecular weight excluding hydrogens is 272 g/mol. The zero-order valence-electron chi connectivity index (χ0n) is 12.9. The number of aliphatic carboxylic acids is 2. The van der Waals surface area contributed by atoms with Crippen molar-refractivity contribution >= 4 is 11.9 Å². The van der Waals surface area contributed by atoms with Crippen molar-refractivity contribution in [1.29, 1.82) is 0 Å². The first-order chi connectivity index (χ1) is 9.93. The van der Waals surface area contributed by atoms with Gasteiger partial charge in [-0.15, -0.1) is 0 Å². The molecule has 120 valence electrons. The highest BCUT2D eigenvalue weighted by atomic mass is 16.6. The van der Waals surface area contributed by atoms with Gasteiger partial charge in [0.15, 0.2) is 0 Å². The number of fused-ring (bicyclic) bond motifs is 1. The van der Waals surface area contributed by atoms with Gasteiger partial charge in [0.2, 0.25) is 0 Å². The number of hydrogen-bond acceptors (Lipinski definition) is 3. The fraction of sp³-hybridized carbons (Fsp3) is 0.875. The molecule has 1 heterocycles. The summed E-state index contributed by atoms with van der Waals surface area (Å²) in [5, 5.41) is 19.8. The third kappa shape index (κ3) is 2.56. The third-order valence-corrected chi connectivity index (χ3v) is 5.44. The van der Waals surface area contributed by atoms with E-state index in [1.165, 1.54) is 0 Å². The highest BCUT2D eigenvalue weighted by molar-refractivity contribution is 5.87. The molecule has 21 heavy (non-hydrogen) atoms. The number of hydrogen-bond donors (Lipinski definition) is 2. The molecule has 0 aromatic heterocycles. The molecule has 0 radical (unpaired) electrons. The third-order valence-electron chi connectivity index (χ3n) is 5.44. The second-order valence-corrected chi connectivity index (χ2v) is 6.60. The predicted octanol–water partition coefficient (Wildman–Crippen LogP) is 3.07. The molecule has 1 saturated heterocycles. The van der Waals surface area contributed by atoms with Gasteiger partial charge in [-0.2, -0.15) is 0 Å². The summed E-state index contributed by atoms with van der Waals surface area (Å²) in [5.74, 6) is -1.91. The minimum Gasteiger partial charge on any atom is -0.481 e. The van der Waals surface area contributed by atoms with Crippen LogP contribution in [0.25, 0.3) is 0 Å². The molecule has 4 unspecified atom stereocenters. The van der Waals surface area contributed by atoms with Gasteiger partial charge in [0, 0.05) is 0 Å². The molecule has 0 spiro atoms. The average Bonchev–Trinajstić information content (AvgIpc) is 3.18. The summed E-state index contributed by atoms with van der Waals surface area (Å²) < 4.78 is 5.52. The molecule has 0 aromatic rings. The van der Waals surface area contributed by atoms with Crippen molar-refractivity contribution in [2.24, 2.45) is 10.8 Å². The van der Waals surface area contributed by atoms with E-state index in [1.807, 2.05) is 13.8 Å². The van der Waals surface area contributed by atoms with E-state index in [1.54, 1.807) is 0 Å². The van der Waals surface area contributed by atoms with Crippen LogP contribution in [0.4, 0.5) is 0 Å². The van der Waals surface area contributed by atoms with Crippen molar-refractivity contribution in [2.45, 2.75) is 77.4 Å². The van der Waals surface area contributed by atoms with Gasteiger partial charge in [0.1, 0.15) is 0 Å². The summed E-state index contributed by atoms with van der Waals surface area (Å²) >= 11 is 0. The van der Waals surface area contributed by atoms with Crippen LogP contribution in [0.3, 0.4) is 0 Å². The lowest BCUT2D eigenvalue weighted by molar-refractivity contribution is -0.180. The van der Waals surface area contributed by atoms with Crippen molar-refractivity contribution in [3.63, 3.8) is 0 Å². The van der Waals surface area contributed by atoms with E-state index in [-0.39, 0.29) is 12.2 Å². The first-order valence-corrected chi connectivity index (χ1v) is 8.06. The Bertz CT molecular complexity index is 383. The molecule has 1 saturated carbocycles. The van der Waals surface area contributed by atoms with Crippen LogP contribution in [0.2, 0.25) is 0 Å². The molecule has 0 bridgehead atoms. The number of epoxide rings is 1. The van der Waals surface area contributed by atoms with Crippen LogP contribution in [0.15, 0.2) is 0 Å². The van der Waals surface area contributed by atoms with Gasteiger partial charge in [-0.25, -0.2) is 0 Å². The Morgan fingerprint density at radius 1 is 0.952 bits per heavy atom. The van der Waals surface area contributed by atoms with Crippen LogP contribution in [-0.4, -0.2) is 34.4 Å². The summed E-state index contributed by atoms with van der Waals surface area (Å²) in [4.78, 5) is 24.2. The number of carboxylic acid groups (broad SMARTS) is 2. The molecule has 5 heteroatoms. The molecule has 0 amide bonds. The van der Waals surface area contributed by atoms with Crippen LogP contribution in [0, 0.1) is 10.8 Å². The normalized spacial score (nSPS) is 37.8. The minimum absolute atomic E-state index is 0.0490. The Labute approximate surface area is 125 Å². The maximum atomic E-state index is 12.1. The molecule has 2 fully saturated rings. The second kappa shape index (κ2) is 5.95. The molecule has 1 aliphatic heterocycles. The fourth-order valence-corrected chi connectivity index (χ4v) is 4.05. The maximum absolute atomic E-state index is 12.1. The Balaban J connectivity index is 2.42. The van der Waals surface area contributed by atoms with Gasteiger partial charge in [0.25, 0.3) is 0 Å². The Morgan fingerprint density at radius 3 is 1.62 bits per heavy atom. The standard InChI is InChI=1S/C16H26O5/c1-3-5-7-15(13(17)18)9-11-12(21-11)10-16(15,14(19)20)8-6-4-2/h11-12H,3-10H2,1-2H3,(H,17,18)(H,19,20). The highest BCUT2D eigenvalue weighted by Gasteiger charge is 2.69. The van der Waals surface area contributed by atoms with Crippen LogP contribution in [0.1, 0.15) is 65.2 Å². The largest absolute Gasteiger partial charge is 0.481 e. The fourth-order valence-electron chi connectivity index (χ4n) is 4.05. The van der Waals surface area contributed by atoms with Gasteiger partial charge in [-0.3, -0.25) is 9.59 Å². The lowest BCUT2D eigenvalue weighted by Gasteiger charge is -2.47. The Morgan fingerprint density at radius 2 is 1.33 bits per heavy atom. The van der Waals surface area contributed by atoms with E-state index < -0.39 is 22.8 Å². The zero-order valence-corrected chi connectivity index (χ0v) is 12.9. The average molecular weight is 298 g/mol. The molecule has 2 rings (SSSR count). The number of carbonyl (C=O) groups is 2. The summed E-state index contributed by atoms with van der Waals surface area (Å²) in [7, 11) is 0. The second-order valence-electron chi connectivity index (χ2n) is 6.60. The highest BCUT2D eigenvalue weighted by Crippen LogP contribution is 2.61. The van der Waals surface area contributed by atoms with E-state index in [4.69, 9.17) is 4.74 Å². The number of ether oxygens (including phenoxy) is 1. The van der Waals surface area contributed by atoms with E-state index in [9.17, 15) is 19.8 Å². The van der Waals surface area contributed by atoms with Crippen molar-refractivity contribution in [3.05, 3.63) is 0 Å². The van der Waals surface area contributed by atoms with Crippen LogP contribution in [-0.2, 0) is 14.3 Å². The van der Waals surface area contributed by atoms with Crippen LogP contribution >= 0.6 is 0 Å². The van der Waals surface area contributed by atoms with Gasteiger partial charge in [0.05, 0.1) is 23.0 Å². The van der Waals surface area contributed by atoms with Gasteiger partial charge in [-0.1, -0.05) is 39.5 Å². The van der Waals surface area contributed by atoms with E-state index in [2.05, 4.69) is 0 Å². The van der Waals surface area contributed by atoms with Gasteiger partial charge in [-0.05, 0) is 25.7 Å². The van der Waals surface area contributed by atoms with E-state index >= 15 is 0 Å². The number of rotatable bonds is 8. The molecule has 0 aromatic carbocycles. The summed E-state index contributed by atoms with van der Waals surface area (Å²) in [6.07, 6.45) is 4.69.